The van der Waals surface area contributed by atoms with Gasteiger partial charge >= 0.3 is 0 Å². The lowest BCUT2D eigenvalue weighted by atomic mass is 10.2. The van der Waals surface area contributed by atoms with E-state index < -0.39 is 5.82 Å². The molecule has 2 aromatic carbocycles. The molecule has 0 aliphatic carbocycles. The summed E-state index contributed by atoms with van der Waals surface area (Å²) in [4.78, 5) is 4.33. The maximum absolute atomic E-state index is 13.8. The number of hydrogen-bond donors (Lipinski definition) is 1. The van der Waals surface area contributed by atoms with Gasteiger partial charge in [0.05, 0.1) is 5.56 Å². The number of nitrogens with two attached hydrogens (primary N) is 1. The van der Waals surface area contributed by atoms with E-state index >= 15 is 0 Å². The number of oxazole rings is 1. The molecule has 3 rings (SSSR count). The Morgan fingerprint density at radius 1 is 1.22 bits per heavy atom. The van der Waals surface area contributed by atoms with Crippen LogP contribution in [0.15, 0.2) is 40.8 Å². The van der Waals surface area contributed by atoms with E-state index in [0.29, 0.717) is 16.8 Å². The second kappa shape index (κ2) is 3.84. The van der Waals surface area contributed by atoms with E-state index in [1.165, 1.54) is 6.07 Å². The Morgan fingerprint density at radius 3 is 2.78 bits per heavy atom. The number of nitrogen functional groups attached to an aromatic ring is 1. The lowest BCUT2D eigenvalue weighted by Crippen LogP contribution is -1.89. The fraction of sp³-hybridized carbons (Fsp3) is 0.0714. The summed E-state index contributed by atoms with van der Waals surface area (Å²) in [6.07, 6.45) is 0. The third-order valence-corrected chi connectivity index (χ3v) is 2.84. The predicted octanol–water partition coefficient (Wildman–Crippen LogP) is 3.52. The molecule has 3 aromatic rings. The zero-order valence-corrected chi connectivity index (χ0v) is 9.77. The fourth-order valence-electron chi connectivity index (χ4n) is 1.91. The molecule has 0 saturated carbocycles. The molecule has 0 spiro atoms. The van der Waals surface area contributed by atoms with Crippen LogP contribution in [0, 0.1) is 12.7 Å². The first-order valence-electron chi connectivity index (χ1n) is 5.57. The maximum atomic E-state index is 13.8. The molecular formula is C14H11FN2O. The summed E-state index contributed by atoms with van der Waals surface area (Å²) in [5.41, 5.74) is 8.62. The van der Waals surface area contributed by atoms with Crippen LogP contribution in [0.5, 0.6) is 0 Å². The van der Waals surface area contributed by atoms with Crippen LogP contribution < -0.4 is 5.73 Å². The van der Waals surface area contributed by atoms with E-state index in [0.717, 1.165) is 11.1 Å². The Bertz CT molecular complexity index is 734. The van der Waals surface area contributed by atoms with E-state index in [4.69, 9.17) is 10.2 Å². The number of anilines is 1. The van der Waals surface area contributed by atoms with Crippen LogP contribution in [0.25, 0.3) is 22.6 Å². The first kappa shape index (κ1) is 10.8. The number of para-hydroxylation sites is 1. The van der Waals surface area contributed by atoms with Gasteiger partial charge in [0.25, 0.3) is 0 Å². The third kappa shape index (κ3) is 1.62. The molecule has 18 heavy (non-hydrogen) atoms. The van der Waals surface area contributed by atoms with Gasteiger partial charge in [-0.25, -0.2) is 9.37 Å². The summed E-state index contributed by atoms with van der Waals surface area (Å²) in [7, 11) is 0. The van der Waals surface area contributed by atoms with Gasteiger partial charge in [0.2, 0.25) is 5.89 Å². The summed E-state index contributed by atoms with van der Waals surface area (Å²) in [5.74, 6) is -0.156. The zero-order chi connectivity index (χ0) is 12.7. The van der Waals surface area contributed by atoms with Crippen molar-refractivity contribution in [2.45, 2.75) is 6.92 Å². The monoisotopic (exact) mass is 242 g/mol. The number of fused-ring (bicyclic) bond motifs is 1. The van der Waals surface area contributed by atoms with E-state index in [1.807, 2.05) is 25.1 Å². The molecule has 0 bridgehead atoms. The Balaban J connectivity index is 2.23. The molecule has 0 atom stereocenters. The number of aryl methyl sites for hydroxylation is 1. The van der Waals surface area contributed by atoms with Crippen molar-refractivity contribution in [2.75, 3.05) is 5.73 Å². The number of halogens is 1. The Hall–Kier alpha value is -2.36. The third-order valence-electron chi connectivity index (χ3n) is 2.84. The van der Waals surface area contributed by atoms with Crippen LogP contribution in [0.1, 0.15) is 5.56 Å². The SMILES string of the molecule is Cc1cccc2oc(-c3ccc(N)cc3F)nc12. The lowest BCUT2D eigenvalue weighted by Gasteiger charge is -1.98. The molecule has 90 valence electrons. The van der Waals surface area contributed by atoms with Crippen LogP contribution >= 0.6 is 0 Å². The molecule has 0 aliphatic heterocycles. The Labute approximate surface area is 103 Å². The van der Waals surface area contributed by atoms with Gasteiger partial charge in [0.1, 0.15) is 11.3 Å². The topological polar surface area (TPSA) is 52.0 Å². The Kier molecular flexibility index (Phi) is 2.30. The van der Waals surface area contributed by atoms with E-state index in [2.05, 4.69) is 4.98 Å². The van der Waals surface area contributed by atoms with E-state index in [1.54, 1.807) is 12.1 Å². The number of hydrogen-bond acceptors (Lipinski definition) is 3. The molecule has 0 radical (unpaired) electrons. The van der Waals surface area contributed by atoms with Crippen molar-refractivity contribution in [1.29, 1.82) is 0 Å². The van der Waals surface area contributed by atoms with Crippen molar-refractivity contribution in [3.63, 3.8) is 0 Å². The van der Waals surface area contributed by atoms with Crippen LogP contribution in [-0.4, -0.2) is 4.98 Å². The number of nitrogens with zero attached hydrogens (tertiary/aromatic N) is 1. The molecule has 1 aromatic heterocycles. The minimum absolute atomic E-state index is 0.275. The largest absolute Gasteiger partial charge is 0.436 e. The van der Waals surface area contributed by atoms with Crippen molar-refractivity contribution in [3.8, 4) is 11.5 Å². The molecule has 0 aliphatic rings. The quantitative estimate of drug-likeness (QED) is 0.664. The molecule has 2 N–H and O–H groups in total. The van der Waals surface area contributed by atoms with Crippen molar-refractivity contribution in [3.05, 3.63) is 47.8 Å². The average molecular weight is 242 g/mol. The van der Waals surface area contributed by atoms with Gasteiger partial charge in [-0.2, -0.15) is 0 Å². The highest BCUT2D eigenvalue weighted by Crippen LogP contribution is 2.28. The van der Waals surface area contributed by atoms with E-state index in [-0.39, 0.29) is 5.89 Å². The van der Waals surface area contributed by atoms with Crippen molar-refractivity contribution in [1.82, 2.24) is 4.98 Å². The molecule has 3 nitrogen and oxygen atoms in total. The minimum Gasteiger partial charge on any atom is -0.436 e. The van der Waals surface area contributed by atoms with Gasteiger partial charge in [-0.05, 0) is 36.8 Å². The molecule has 1 heterocycles. The first-order chi connectivity index (χ1) is 8.65. The summed E-state index contributed by atoms with van der Waals surface area (Å²) >= 11 is 0. The molecule has 0 unspecified atom stereocenters. The fourth-order valence-corrected chi connectivity index (χ4v) is 1.91. The van der Waals surface area contributed by atoms with Crippen LogP contribution in [0.2, 0.25) is 0 Å². The molecule has 0 fully saturated rings. The second-order valence-electron chi connectivity index (χ2n) is 4.18. The highest BCUT2D eigenvalue weighted by atomic mass is 19.1. The zero-order valence-electron chi connectivity index (χ0n) is 9.77. The summed E-state index contributed by atoms with van der Waals surface area (Å²) < 4.78 is 19.3. The summed E-state index contributed by atoms with van der Waals surface area (Å²) in [6, 6.07) is 10.1. The summed E-state index contributed by atoms with van der Waals surface area (Å²) in [6.45, 7) is 1.94. The summed E-state index contributed by atoms with van der Waals surface area (Å²) in [5, 5.41) is 0. The number of rotatable bonds is 1. The molecular weight excluding hydrogens is 231 g/mol. The Morgan fingerprint density at radius 2 is 2.06 bits per heavy atom. The average Bonchev–Trinajstić information content (AvgIpc) is 2.74. The first-order valence-corrected chi connectivity index (χ1v) is 5.57. The molecule has 4 heteroatoms. The van der Waals surface area contributed by atoms with Gasteiger partial charge < -0.3 is 10.2 Å². The minimum atomic E-state index is -0.431. The van der Waals surface area contributed by atoms with Crippen molar-refractivity contribution in [2.24, 2.45) is 0 Å². The maximum Gasteiger partial charge on any atom is 0.230 e. The van der Waals surface area contributed by atoms with Crippen molar-refractivity contribution < 1.29 is 8.81 Å². The van der Waals surface area contributed by atoms with E-state index in [9.17, 15) is 4.39 Å². The number of aromatic nitrogens is 1. The van der Waals surface area contributed by atoms with Gasteiger partial charge in [-0.3, -0.25) is 0 Å². The number of benzene rings is 2. The van der Waals surface area contributed by atoms with Crippen LogP contribution in [0.3, 0.4) is 0 Å². The molecule has 0 amide bonds. The highest BCUT2D eigenvalue weighted by Gasteiger charge is 2.13. The van der Waals surface area contributed by atoms with Gasteiger partial charge in [-0.15, -0.1) is 0 Å². The standard InChI is InChI=1S/C14H11FN2O/c1-8-3-2-4-12-13(8)17-14(18-12)10-6-5-9(16)7-11(10)15/h2-7H,16H2,1H3. The normalized spacial score (nSPS) is 11.0. The van der Waals surface area contributed by atoms with Gasteiger partial charge in [0, 0.05) is 5.69 Å². The van der Waals surface area contributed by atoms with Gasteiger partial charge in [0.15, 0.2) is 5.58 Å². The molecule has 0 saturated heterocycles. The second-order valence-corrected chi connectivity index (χ2v) is 4.18. The van der Waals surface area contributed by atoms with Crippen LogP contribution in [-0.2, 0) is 0 Å². The van der Waals surface area contributed by atoms with Crippen molar-refractivity contribution >= 4 is 16.8 Å². The highest BCUT2D eigenvalue weighted by molar-refractivity contribution is 5.79. The lowest BCUT2D eigenvalue weighted by molar-refractivity contribution is 0.594. The van der Waals surface area contributed by atoms with Crippen LogP contribution in [0.4, 0.5) is 10.1 Å². The van der Waals surface area contributed by atoms with Gasteiger partial charge in [-0.1, -0.05) is 12.1 Å². The predicted molar refractivity (Wildman–Crippen MR) is 68.6 cm³/mol. The smallest absolute Gasteiger partial charge is 0.230 e.